The average molecular weight is 262 g/mol. The zero-order chi connectivity index (χ0) is 13.7. The highest BCUT2D eigenvalue weighted by Gasteiger charge is 2.28. The molecule has 104 valence electrons. The molecule has 0 radical (unpaired) electrons. The van der Waals surface area contributed by atoms with Crippen LogP contribution in [0, 0.1) is 5.92 Å². The first-order valence-corrected chi connectivity index (χ1v) is 6.97. The van der Waals surface area contributed by atoms with Crippen LogP contribution < -0.4 is 15.8 Å². The number of nitrogens with two attached hydrogens (primary N) is 1. The van der Waals surface area contributed by atoms with Crippen LogP contribution in [0.25, 0.3) is 0 Å². The van der Waals surface area contributed by atoms with E-state index in [1.54, 1.807) is 12.1 Å². The van der Waals surface area contributed by atoms with E-state index in [0.29, 0.717) is 24.6 Å². The Morgan fingerprint density at radius 1 is 1.53 bits per heavy atom. The molecule has 0 heterocycles. The lowest BCUT2D eigenvalue weighted by molar-refractivity contribution is 0.0950. The first kappa shape index (κ1) is 13.9. The van der Waals surface area contributed by atoms with Crippen LogP contribution in [0.2, 0.25) is 0 Å². The van der Waals surface area contributed by atoms with Gasteiger partial charge in [-0.3, -0.25) is 4.79 Å². The fourth-order valence-electron chi connectivity index (χ4n) is 1.95. The number of ether oxygens (including phenoxy) is 1. The maximum absolute atomic E-state index is 12.0. The van der Waals surface area contributed by atoms with E-state index in [2.05, 4.69) is 12.2 Å². The van der Waals surface area contributed by atoms with E-state index in [0.717, 1.165) is 12.2 Å². The Morgan fingerprint density at radius 2 is 2.32 bits per heavy atom. The Hall–Kier alpha value is -1.55. The molecular weight excluding hydrogens is 240 g/mol. The van der Waals surface area contributed by atoms with Crippen molar-refractivity contribution < 1.29 is 9.53 Å². The lowest BCUT2D eigenvalue weighted by atomic mass is 10.1. The smallest absolute Gasteiger partial charge is 0.251 e. The molecule has 0 spiro atoms. The van der Waals surface area contributed by atoms with Crippen molar-refractivity contribution in [2.75, 3.05) is 13.2 Å². The normalized spacial score (nSPS) is 15.9. The first-order valence-electron chi connectivity index (χ1n) is 6.97. The second-order valence-corrected chi connectivity index (χ2v) is 5.09. The lowest BCUT2D eigenvalue weighted by Crippen LogP contribution is -2.38. The zero-order valence-corrected chi connectivity index (χ0v) is 11.4. The van der Waals surface area contributed by atoms with Gasteiger partial charge in [0.1, 0.15) is 5.75 Å². The van der Waals surface area contributed by atoms with Crippen LogP contribution in [0.15, 0.2) is 24.3 Å². The van der Waals surface area contributed by atoms with Crippen LogP contribution in [0.3, 0.4) is 0 Å². The van der Waals surface area contributed by atoms with Crippen molar-refractivity contribution in [2.45, 2.75) is 32.2 Å². The van der Waals surface area contributed by atoms with Crippen LogP contribution in [0.1, 0.15) is 36.5 Å². The topological polar surface area (TPSA) is 64.3 Å². The van der Waals surface area contributed by atoms with E-state index >= 15 is 0 Å². The van der Waals surface area contributed by atoms with Crippen molar-refractivity contribution in [3.63, 3.8) is 0 Å². The Balaban J connectivity index is 1.86. The Labute approximate surface area is 114 Å². The number of rotatable bonds is 7. The van der Waals surface area contributed by atoms with Crippen molar-refractivity contribution in [3.8, 4) is 5.75 Å². The van der Waals surface area contributed by atoms with E-state index in [-0.39, 0.29) is 11.9 Å². The fraction of sp³-hybridized carbons (Fsp3) is 0.533. The molecule has 1 aromatic rings. The number of nitrogens with one attached hydrogen (secondary N) is 1. The van der Waals surface area contributed by atoms with Gasteiger partial charge >= 0.3 is 0 Å². The summed E-state index contributed by atoms with van der Waals surface area (Å²) in [6.45, 7) is 3.26. The van der Waals surface area contributed by atoms with Gasteiger partial charge in [0, 0.05) is 18.2 Å². The molecule has 3 N–H and O–H groups in total. The summed E-state index contributed by atoms with van der Waals surface area (Å²) in [7, 11) is 0. The number of amides is 1. The van der Waals surface area contributed by atoms with Gasteiger partial charge in [-0.1, -0.05) is 13.0 Å². The fourth-order valence-corrected chi connectivity index (χ4v) is 1.95. The number of benzene rings is 1. The van der Waals surface area contributed by atoms with Gasteiger partial charge < -0.3 is 15.8 Å². The predicted molar refractivity (Wildman–Crippen MR) is 75.3 cm³/mol. The third-order valence-corrected chi connectivity index (χ3v) is 3.29. The molecule has 1 aliphatic carbocycles. The van der Waals surface area contributed by atoms with Gasteiger partial charge in [-0.15, -0.1) is 0 Å². The Morgan fingerprint density at radius 3 is 3.00 bits per heavy atom. The average Bonchev–Trinajstić information content (AvgIpc) is 3.27. The van der Waals surface area contributed by atoms with Crippen molar-refractivity contribution in [1.29, 1.82) is 0 Å². The van der Waals surface area contributed by atoms with Gasteiger partial charge in [0.25, 0.3) is 5.91 Å². The van der Waals surface area contributed by atoms with Crippen LogP contribution in [-0.2, 0) is 0 Å². The van der Waals surface area contributed by atoms with Crippen LogP contribution in [0.4, 0.5) is 0 Å². The molecule has 0 saturated heterocycles. The zero-order valence-electron chi connectivity index (χ0n) is 11.4. The molecule has 0 aromatic heterocycles. The molecule has 1 fully saturated rings. The van der Waals surface area contributed by atoms with E-state index in [9.17, 15) is 4.79 Å². The van der Waals surface area contributed by atoms with E-state index in [1.165, 1.54) is 12.8 Å². The molecular formula is C15H22N2O2. The monoisotopic (exact) mass is 262 g/mol. The summed E-state index contributed by atoms with van der Waals surface area (Å²) >= 11 is 0. The molecule has 1 saturated carbocycles. The second-order valence-electron chi connectivity index (χ2n) is 5.09. The van der Waals surface area contributed by atoms with Crippen LogP contribution >= 0.6 is 0 Å². The third kappa shape index (κ3) is 4.24. The second kappa shape index (κ2) is 6.57. The largest absolute Gasteiger partial charge is 0.494 e. The standard InChI is InChI=1S/C15H22N2O2/c1-2-8-19-13-5-3-4-12(9-13)15(18)17-10-14(16)11-6-7-11/h3-5,9,11,14H,2,6-8,10,16H2,1H3,(H,17,18). The number of carbonyl (C=O) groups is 1. The van der Waals surface area contributed by atoms with Crippen molar-refractivity contribution in [2.24, 2.45) is 11.7 Å². The highest BCUT2D eigenvalue weighted by atomic mass is 16.5. The quantitative estimate of drug-likeness (QED) is 0.789. The summed E-state index contributed by atoms with van der Waals surface area (Å²) in [6, 6.07) is 7.34. The maximum Gasteiger partial charge on any atom is 0.251 e. The van der Waals surface area contributed by atoms with Gasteiger partial charge in [0.05, 0.1) is 6.61 Å². The summed E-state index contributed by atoms with van der Waals surface area (Å²) in [5.41, 5.74) is 6.58. The van der Waals surface area contributed by atoms with Gasteiger partial charge in [0.15, 0.2) is 0 Å². The predicted octanol–water partition coefficient (Wildman–Crippen LogP) is 1.94. The van der Waals surface area contributed by atoms with Crippen molar-refractivity contribution in [1.82, 2.24) is 5.32 Å². The van der Waals surface area contributed by atoms with E-state index in [1.807, 2.05) is 12.1 Å². The third-order valence-electron chi connectivity index (χ3n) is 3.29. The van der Waals surface area contributed by atoms with Crippen molar-refractivity contribution in [3.05, 3.63) is 29.8 Å². The summed E-state index contributed by atoms with van der Waals surface area (Å²) in [6.07, 6.45) is 3.33. The van der Waals surface area contributed by atoms with E-state index in [4.69, 9.17) is 10.5 Å². The minimum Gasteiger partial charge on any atom is -0.494 e. The van der Waals surface area contributed by atoms with Gasteiger partial charge in [-0.2, -0.15) is 0 Å². The number of hydrogen-bond donors (Lipinski definition) is 2. The summed E-state index contributed by atoms with van der Waals surface area (Å²) in [5, 5.41) is 2.88. The molecule has 1 unspecified atom stereocenters. The molecule has 1 amide bonds. The summed E-state index contributed by atoms with van der Waals surface area (Å²) in [4.78, 5) is 12.0. The molecule has 1 aromatic carbocycles. The van der Waals surface area contributed by atoms with Crippen molar-refractivity contribution >= 4 is 5.91 Å². The molecule has 0 bridgehead atoms. The Bertz CT molecular complexity index is 430. The Kier molecular flexibility index (Phi) is 4.80. The maximum atomic E-state index is 12.0. The number of hydrogen-bond acceptors (Lipinski definition) is 3. The number of carbonyl (C=O) groups excluding carboxylic acids is 1. The van der Waals surface area contributed by atoms with Gasteiger partial charge in [-0.05, 0) is 43.4 Å². The summed E-state index contributed by atoms with van der Waals surface area (Å²) in [5.74, 6) is 1.25. The highest BCUT2D eigenvalue weighted by molar-refractivity contribution is 5.94. The minimum atomic E-state index is -0.0851. The molecule has 2 rings (SSSR count). The molecule has 0 aliphatic heterocycles. The molecule has 19 heavy (non-hydrogen) atoms. The first-order chi connectivity index (χ1) is 9.20. The molecule has 1 aliphatic rings. The molecule has 4 heteroatoms. The van der Waals surface area contributed by atoms with Gasteiger partial charge in [0.2, 0.25) is 0 Å². The molecule has 1 atom stereocenters. The molecule has 4 nitrogen and oxygen atoms in total. The van der Waals surface area contributed by atoms with E-state index < -0.39 is 0 Å². The van der Waals surface area contributed by atoms with Gasteiger partial charge in [-0.25, -0.2) is 0 Å². The van der Waals surface area contributed by atoms with Crippen LogP contribution in [0.5, 0.6) is 5.75 Å². The SMILES string of the molecule is CCCOc1cccc(C(=O)NCC(N)C2CC2)c1. The summed E-state index contributed by atoms with van der Waals surface area (Å²) < 4.78 is 5.52. The minimum absolute atomic E-state index is 0.0851. The lowest BCUT2D eigenvalue weighted by Gasteiger charge is -2.12. The highest BCUT2D eigenvalue weighted by Crippen LogP contribution is 2.31. The van der Waals surface area contributed by atoms with Crippen LogP contribution in [-0.4, -0.2) is 25.1 Å².